The number of amides is 1. The van der Waals surface area contributed by atoms with Gasteiger partial charge in [0.25, 0.3) is 5.91 Å². The van der Waals surface area contributed by atoms with Crippen LogP contribution in [0.1, 0.15) is 70.7 Å². The molecule has 0 unspecified atom stereocenters. The first kappa shape index (κ1) is 27.3. The minimum atomic E-state index is -3.78. The number of carbonyl (C=O) groups is 1. The maximum Gasteiger partial charge on any atom is 0.255 e. The average Bonchev–Trinajstić information content (AvgIpc) is 3.57. The van der Waals surface area contributed by atoms with E-state index in [1.807, 2.05) is 13.8 Å². The van der Waals surface area contributed by atoms with Crippen molar-refractivity contribution in [2.24, 2.45) is 5.41 Å². The third-order valence-electron chi connectivity index (χ3n) is 6.91. The third-order valence-corrected chi connectivity index (χ3v) is 8.67. The van der Waals surface area contributed by atoms with Crippen molar-refractivity contribution in [1.29, 1.82) is 0 Å². The van der Waals surface area contributed by atoms with E-state index in [-0.39, 0.29) is 17.1 Å². The van der Waals surface area contributed by atoms with Crippen LogP contribution >= 0.6 is 0 Å². The minimum Gasteiger partial charge on any atom is -0.394 e. The lowest BCUT2D eigenvalue weighted by atomic mass is 9.93. The van der Waals surface area contributed by atoms with Crippen LogP contribution in [0.2, 0.25) is 0 Å². The number of aromatic nitrogens is 1. The molecule has 0 bridgehead atoms. The Morgan fingerprint density at radius 2 is 1.73 bits per heavy atom. The van der Waals surface area contributed by atoms with E-state index < -0.39 is 27.0 Å². The second-order valence-corrected chi connectivity index (χ2v) is 13.7. The predicted molar refractivity (Wildman–Crippen MR) is 147 cm³/mol. The van der Waals surface area contributed by atoms with Crippen LogP contribution < -0.4 is 20.3 Å². The van der Waals surface area contributed by atoms with E-state index >= 15 is 0 Å². The number of rotatable bonds is 8. The topological polar surface area (TPSA) is 124 Å². The van der Waals surface area contributed by atoms with Gasteiger partial charge in [0.15, 0.2) is 5.82 Å². The van der Waals surface area contributed by atoms with Crippen molar-refractivity contribution >= 4 is 33.3 Å². The van der Waals surface area contributed by atoms with Crippen LogP contribution in [0.4, 0.5) is 17.3 Å². The summed E-state index contributed by atoms with van der Waals surface area (Å²) in [7, 11) is -3.78. The molecule has 1 aliphatic carbocycles. The number of sulfonamides is 1. The van der Waals surface area contributed by atoms with Crippen molar-refractivity contribution in [2.45, 2.75) is 76.3 Å². The molecule has 1 aliphatic heterocycles. The number of nitrogens with zero attached hydrogens (tertiary/aromatic N) is 2. The Balaban J connectivity index is 1.60. The first-order valence-electron chi connectivity index (χ1n) is 12.8. The molecular formula is C27H39N5O4S. The smallest absolute Gasteiger partial charge is 0.255 e. The lowest BCUT2D eigenvalue weighted by Gasteiger charge is -2.34. The van der Waals surface area contributed by atoms with Gasteiger partial charge in [-0.3, -0.25) is 4.79 Å². The van der Waals surface area contributed by atoms with Gasteiger partial charge in [-0.15, -0.1) is 0 Å². The Morgan fingerprint density at radius 1 is 1.05 bits per heavy atom. The van der Waals surface area contributed by atoms with Gasteiger partial charge in [0.05, 0.1) is 22.7 Å². The maximum absolute atomic E-state index is 13.3. The van der Waals surface area contributed by atoms with E-state index in [0.717, 1.165) is 25.9 Å². The zero-order chi connectivity index (χ0) is 27.1. The summed E-state index contributed by atoms with van der Waals surface area (Å²) in [5.74, 6) is 0.865. The van der Waals surface area contributed by atoms with Crippen molar-refractivity contribution in [1.82, 2.24) is 9.71 Å². The van der Waals surface area contributed by atoms with Crippen molar-refractivity contribution < 1.29 is 18.3 Å². The van der Waals surface area contributed by atoms with Gasteiger partial charge in [-0.1, -0.05) is 6.07 Å². The van der Waals surface area contributed by atoms with Gasteiger partial charge in [0, 0.05) is 24.2 Å². The SMILES string of the molecule is CC(C)(C)NS(=O)(=O)c1cccc(C(=O)Nc2ccc(NC(C)(C)CO)nc2N2CCC3(CC2)CC3)c1. The number of aliphatic hydroxyl groups excluding tert-OH is 1. The Labute approximate surface area is 220 Å². The van der Waals surface area contributed by atoms with Crippen molar-refractivity contribution in [3.8, 4) is 0 Å². The Bertz CT molecular complexity index is 1260. The molecule has 2 aromatic rings. The van der Waals surface area contributed by atoms with Crippen molar-refractivity contribution in [3.63, 3.8) is 0 Å². The van der Waals surface area contributed by atoms with Crippen LogP contribution in [0.3, 0.4) is 0 Å². The standard InChI is InChI=1S/C27H39N5O4S/c1-25(2,3)31-37(35,36)20-8-6-7-19(17-20)24(34)28-21-9-10-22(30-26(4,5)18-33)29-23(21)32-15-13-27(11-12-27)14-16-32/h6-10,17,31,33H,11-16,18H2,1-5H3,(H,28,34)(H,29,30). The lowest BCUT2D eigenvalue weighted by Crippen LogP contribution is -2.40. The molecule has 2 aliphatic rings. The highest BCUT2D eigenvalue weighted by molar-refractivity contribution is 7.89. The number of nitrogens with one attached hydrogen (secondary N) is 3. The zero-order valence-corrected chi connectivity index (χ0v) is 23.2. The lowest BCUT2D eigenvalue weighted by molar-refractivity contribution is 0.102. The molecule has 0 radical (unpaired) electrons. The number of aliphatic hydroxyl groups is 1. The monoisotopic (exact) mass is 529 g/mol. The highest BCUT2D eigenvalue weighted by Gasteiger charge is 2.44. The second-order valence-electron chi connectivity index (χ2n) is 12.1. The quantitative estimate of drug-likeness (QED) is 0.408. The fourth-order valence-corrected chi connectivity index (χ4v) is 6.04. The van der Waals surface area contributed by atoms with Crippen LogP contribution in [0, 0.1) is 5.41 Å². The summed E-state index contributed by atoms with van der Waals surface area (Å²) in [5, 5.41) is 15.9. The number of pyridine rings is 1. The molecule has 1 saturated heterocycles. The highest BCUT2D eigenvalue weighted by Crippen LogP contribution is 2.54. The van der Waals surface area contributed by atoms with Crippen LogP contribution in [0.5, 0.6) is 0 Å². The highest BCUT2D eigenvalue weighted by atomic mass is 32.2. The Hall–Kier alpha value is -2.69. The number of hydrogen-bond donors (Lipinski definition) is 4. The number of benzene rings is 1. The average molecular weight is 530 g/mol. The molecule has 1 saturated carbocycles. The van der Waals surface area contributed by atoms with Crippen molar-refractivity contribution in [2.75, 3.05) is 35.2 Å². The molecule has 37 heavy (non-hydrogen) atoms. The van der Waals surface area contributed by atoms with E-state index in [2.05, 4.69) is 20.3 Å². The largest absolute Gasteiger partial charge is 0.394 e. The summed E-state index contributed by atoms with van der Waals surface area (Å²) in [6.07, 6.45) is 4.77. The zero-order valence-electron chi connectivity index (χ0n) is 22.4. The van der Waals surface area contributed by atoms with Crippen LogP contribution in [-0.4, -0.2) is 55.2 Å². The van der Waals surface area contributed by atoms with Crippen molar-refractivity contribution in [3.05, 3.63) is 42.0 Å². The number of anilines is 3. The minimum absolute atomic E-state index is 0.0324. The molecule has 1 spiro atoms. The second kappa shape index (κ2) is 9.89. The summed E-state index contributed by atoms with van der Waals surface area (Å²) in [6.45, 7) is 10.7. The molecular weight excluding hydrogens is 490 g/mol. The summed E-state index contributed by atoms with van der Waals surface area (Å²) in [6, 6.07) is 9.60. The molecule has 1 aromatic heterocycles. The molecule has 202 valence electrons. The molecule has 9 nitrogen and oxygen atoms in total. The maximum atomic E-state index is 13.3. The first-order chi connectivity index (χ1) is 17.2. The predicted octanol–water partition coefficient (Wildman–Crippen LogP) is 3.97. The Morgan fingerprint density at radius 3 is 2.32 bits per heavy atom. The molecule has 1 amide bonds. The van der Waals surface area contributed by atoms with Gasteiger partial charge < -0.3 is 20.6 Å². The van der Waals surface area contributed by atoms with E-state index in [4.69, 9.17) is 4.98 Å². The molecule has 4 N–H and O–H groups in total. The first-order valence-corrected chi connectivity index (χ1v) is 14.3. The van der Waals surface area contributed by atoms with E-state index in [9.17, 15) is 18.3 Å². The number of carbonyl (C=O) groups excluding carboxylic acids is 1. The molecule has 4 rings (SSSR count). The van der Waals surface area contributed by atoms with Gasteiger partial charge >= 0.3 is 0 Å². The van der Waals surface area contributed by atoms with Crippen LogP contribution in [-0.2, 0) is 10.0 Å². The van der Waals surface area contributed by atoms with Gasteiger partial charge in [-0.2, -0.15) is 0 Å². The van der Waals surface area contributed by atoms with E-state index in [1.54, 1.807) is 45.0 Å². The van der Waals surface area contributed by atoms with Crippen LogP contribution in [0.25, 0.3) is 0 Å². The van der Waals surface area contributed by atoms with E-state index in [1.165, 1.54) is 25.0 Å². The molecule has 2 fully saturated rings. The summed E-state index contributed by atoms with van der Waals surface area (Å²) >= 11 is 0. The fourth-order valence-electron chi connectivity index (χ4n) is 4.57. The molecule has 2 heterocycles. The van der Waals surface area contributed by atoms with Gasteiger partial charge in [-0.05, 0) is 96.0 Å². The number of piperidine rings is 1. The molecule has 1 aromatic carbocycles. The van der Waals surface area contributed by atoms with Gasteiger partial charge in [-0.25, -0.2) is 18.1 Å². The molecule has 10 heteroatoms. The normalized spacial score (nSPS) is 17.5. The summed E-state index contributed by atoms with van der Waals surface area (Å²) in [4.78, 5) is 20.3. The third kappa shape index (κ3) is 6.80. The number of hydrogen-bond acceptors (Lipinski definition) is 7. The van der Waals surface area contributed by atoms with Crippen LogP contribution in [0.15, 0.2) is 41.3 Å². The summed E-state index contributed by atoms with van der Waals surface area (Å²) < 4.78 is 28.2. The Kier molecular flexibility index (Phi) is 7.31. The summed E-state index contributed by atoms with van der Waals surface area (Å²) in [5.41, 5.74) is 0.0852. The van der Waals surface area contributed by atoms with E-state index in [0.29, 0.717) is 22.7 Å². The van der Waals surface area contributed by atoms with Gasteiger partial charge in [0.1, 0.15) is 5.82 Å². The molecule has 0 atom stereocenters. The fraction of sp³-hybridized carbons (Fsp3) is 0.556. The van der Waals surface area contributed by atoms with Gasteiger partial charge in [0.2, 0.25) is 10.0 Å².